The maximum Gasteiger partial charge on any atom is 0.227 e. The highest BCUT2D eigenvalue weighted by Crippen LogP contribution is 1.92. The van der Waals surface area contributed by atoms with Gasteiger partial charge in [-0.15, -0.1) is 5.10 Å². The molecule has 56 valence electrons. The van der Waals surface area contributed by atoms with Gasteiger partial charge in [-0.25, -0.2) is 0 Å². The Morgan fingerprint density at radius 2 is 2.10 bits per heavy atom. The van der Waals surface area contributed by atoms with E-state index in [1.165, 1.54) is 0 Å². The fourth-order valence-corrected chi connectivity index (χ4v) is 0.872. The summed E-state index contributed by atoms with van der Waals surface area (Å²) >= 11 is 0. The largest absolute Gasteiger partial charge is 0.384 e. The van der Waals surface area contributed by atoms with Gasteiger partial charge in [-0.05, 0) is 0 Å². The zero-order valence-electron chi connectivity index (χ0n) is 6.07. The van der Waals surface area contributed by atoms with E-state index in [0.29, 0.717) is 11.4 Å². The smallest absolute Gasteiger partial charge is 0.227 e. The van der Waals surface area contributed by atoms with E-state index in [-0.39, 0.29) is 0 Å². The molecule has 10 heavy (non-hydrogen) atoms. The molecule has 1 rings (SSSR count). The van der Waals surface area contributed by atoms with Crippen molar-refractivity contribution in [3.05, 3.63) is 11.8 Å². The third-order valence-electron chi connectivity index (χ3n) is 1.44. The number of imidazole rings is 1. The maximum atomic E-state index is 5.54. The van der Waals surface area contributed by atoms with Crippen LogP contribution in [0.2, 0.25) is 0 Å². The summed E-state index contributed by atoms with van der Waals surface area (Å²) in [5, 5.41) is 3.54. The Hall–Kier alpha value is -1.39. The van der Waals surface area contributed by atoms with E-state index in [4.69, 9.17) is 11.6 Å². The number of aromatic nitrogens is 2. The Morgan fingerprint density at radius 3 is 2.30 bits per heavy atom. The minimum atomic E-state index is 0.645. The van der Waals surface area contributed by atoms with Gasteiger partial charge in [-0.2, -0.15) is 0 Å². The number of anilines is 1. The van der Waals surface area contributed by atoms with Crippen LogP contribution >= 0.6 is 0 Å². The molecule has 0 bridgehead atoms. The highest BCUT2D eigenvalue weighted by Gasteiger charge is 1.96. The molecule has 5 heteroatoms. The van der Waals surface area contributed by atoms with Crippen molar-refractivity contribution in [2.24, 2.45) is 25.0 Å². The van der Waals surface area contributed by atoms with Gasteiger partial charge in [-0.3, -0.25) is 4.57 Å². The fourth-order valence-electron chi connectivity index (χ4n) is 0.872. The molecule has 0 unspecified atom stereocenters. The second-order valence-corrected chi connectivity index (χ2v) is 2.15. The molecule has 0 saturated carbocycles. The van der Waals surface area contributed by atoms with E-state index in [2.05, 4.69) is 5.10 Å². The molecule has 0 atom stereocenters. The summed E-state index contributed by atoms with van der Waals surface area (Å²) in [7, 11) is 3.64. The van der Waals surface area contributed by atoms with Crippen LogP contribution in [0.1, 0.15) is 0 Å². The van der Waals surface area contributed by atoms with Crippen molar-refractivity contribution in [2.75, 3.05) is 5.73 Å². The lowest BCUT2D eigenvalue weighted by atomic mass is 10.8. The van der Waals surface area contributed by atoms with Crippen molar-refractivity contribution in [1.82, 2.24) is 9.13 Å². The first-order valence-corrected chi connectivity index (χ1v) is 2.88. The molecule has 0 saturated heterocycles. The van der Waals surface area contributed by atoms with Crippen LogP contribution < -0.4 is 17.2 Å². The zero-order valence-corrected chi connectivity index (χ0v) is 6.07. The average molecular weight is 141 g/mol. The Bertz CT molecular complexity index is 291. The van der Waals surface area contributed by atoms with E-state index in [9.17, 15) is 0 Å². The number of hydrogen-bond donors (Lipinski definition) is 2. The minimum absolute atomic E-state index is 0.645. The van der Waals surface area contributed by atoms with Crippen LogP contribution in [0.15, 0.2) is 11.3 Å². The van der Waals surface area contributed by atoms with Gasteiger partial charge in [0, 0.05) is 20.3 Å². The van der Waals surface area contributed by atoms with Crippen LogP contribution in [-0.4, -0.2) is 9.13 Å². The highest BCUT2D eigenvalue weighted by atomic mass is 15.3. The standard InChI is InChI=1S/C5H11N5/c1-9-3-4(6)10(2)5(9)8-7/h3H,6-7H2,1-2H3/b8-5+. The second-order valence-electron chi connectivity index (χ2n) is 2.15. The molecule has 4 N–H and O–H groups in total. The normalized spacial score (nSPS) is 12.4. The Kier molecular flexibility index (Phi) is 1.41. The van der Waals surface area contributed by atoms with E-state index in [0.717, 1.165) is 0 Å². The fraction of sp³-hybridized carbons (Fsp3) is 0.400. The monoisotopic (exact) mass is 141 g/mol. The molecule has 1 aromatic heterocycles. The molecule has 0 aliphatic carbocycles. The highest BCUT2D eigenvalue weighted by molar-refractivity contribution is 5.24. The molecule has 0 aromatic carbocycles. The molecule has 0 amide bonds. The number of hydrogen-bond acceptors (Lipinski definition) is 3. The molecule has 1 heterocycles. The van der Waals surface area contributed by atoms with Crippen molar-refractivity contribution >= 4 is 5.82 Å². The summed E-state index contributed by atoms with van der Waals surface area (Å²) in [6.07, 6.45) is 1.76. The van der Waals surface area contributed by atoms with E-state index in [1.54, 1.807) is 22.4 Å². The molecule has 0 fully saturated rings. The summed E-state index contributed by atoms with van der Waals surface area (Å²) in [5.74, 6) is 5.74. The Labute approximate surface area is 58.6 Å². The third-order valence-corrected chi connectivity index (χ3v) is 1.44. The predicted octanol–water partition coefficient (Wildman–Crippen LogP) is -1.28. The zero-order chi connectivity index (χ0) is 7.72. The number of nitrogens with two attached hydrogens (primary N) is 2. The van der Waals surface area contributed by atoms with Crippen LogP contribution in [0, 0.1) is 0 Å². The van der Waals surface area contributed by atoms with Gasteiger partial charge >= 0.3 is 0 Å². The predicted molar refractivity (Wildman–Crippen MR) is 38.5 cm³/mol. The second kappa shape index (κ2) is 2.09. The van der Waals surface area contributed by atoms with Gasteiger partial charge in [0.15, 0.2) is 0 Å². The lowest BCUT2D eigenvalue weighted by molar-refractivity contribution is 0.730. The van der Waals surface area contributed by atoms with Crippen molar-refractivity contribution in [3.63, 3.8) is 0 Å². The van der Waals surface area contributed by atoms with Gasteiger partial charge in [-0.1, -0.05) is 0 Å². The van der Waals surface area contributed by atoms with E-state index >= 15 is 0 Å². The average Bonchev–Trinajstić information content (AvgIpc) is 2.09. The van der Waals surface area contributed by atoms with Crippen LogP contribution in [0.25, 0.3) is 0 Å². The molecular formula is C5H11N5. The van der Waals surface area contributed by atoms with Crippen molar-refractivity contribution in [3.8, 4) is 0 Å². The third kappa shape index (κ3) is 0.754. The topological polar surface area (TPSA) is 74.3 Å². The van der Waals surface area contributed by atoms with Crippen molar-refractivity contribution in [1.29, 1.82) is 0 Å². The van der Waals surface area contributed by atoms with Crippen LogP contribution in [0.3, 0.4) is 0 Å². The summed E-state index contributed by atoms with van der Waals surface area (Å²) in [4.78, 5) is 0. The lowest BCUT2D eigenvalue weighted by Crippen LogP contribution is -2.24. The quantitative estimate of drug-likeness (QED) is 0.349. The Morgan fingerprint density at radius 1 is 1.50 bits per heavy atom. The first-order valence-electron chi connectivity index (χ1n) is 2.88. The van der Waals surface area contributed by atoms with Gasteiger partial charge in [0.1, 0.15) is 5.82 Å². The van der Waals surface area contributed by atoms with Gasteiger partial charge in [0.25, 0.3) is 0 Å². The molecule has 0 radical (unpaired) electrons. The van der Waals surface area contributed by atoms with Crippen LogP contribution in [-0.2, 0) is 14.1 Å². The lowest BCUT2D eigenvalue weighted by Gasteiger charge is -1.91. The number of nitrogen functional groups attached to an aromatic ring is 1. The van der Waals surface area contributed by atoms with Crippen molar-refractivity contribution < 1.29 is 0 Å². The van der Waals surface area contributed by atoms with E-state index < -0.39 is 0 Å². The number of aryl methyl sites for hydroxylation is 1. The Balaban J connectivity index is 3.50. The molecular weight excluding hydrogens is 130 g/mol. The number of nitrogens with zero attached hydrogens (tertiary/aromatic N) is 3. The van der Waals surface area contributed by atoms with Gasteiger partial charge in [0.2, 0.25) is 5.62 Å². The molecule has 0 spiro atoms. The van der Waals surface area contributed by atoms with Crippen molar-refractivity contribution in [2.45, 2.75) is 0 Å². The van der Waals surface area contributed by atoms with Crippen LogP contribution in [0.4, 0.5) is 5.82 Å². The van der Waals surface area contributed by atoms with Gasteiger partial charge < -0.3 is 16.1 Å². The van der Waals surface area contributed by atoms with Crippen LogP contribution in [0.5, 0.6) is 0 Å². The first kappa shape index (κ1) is 6.73. The summed E-state index contributed by atoms with van der Waals surface area (Å²) in [6, 6.07) is 0. The van der Waals surface area contributed by atoms with Gasteiger partial charge in [0.05, 0.1) is 0 Å². The number of rotatable bonds is 0. The summed E-state index contributed by atoms with van der Waals surface area (Å²) in [5.41, 5.74) is 6.19. The maximum absolute atomic E-state index is 5.54. The van der Waals surface area contributed by atoms with E-state index in [1.807, 2.05) is 7.05 Å². The molecule has 5 nitrogen and oxygen atoms in total. The molecule has 0 aliphatic rings. The summed E-state index contributed by atoms with van der Waals surface area (Å²) < 4.78 is 3.47. The minimum Gasteiger partial charge on any atom is -0.384 e. The summed E-state index contributed by atoms with van der Waals surface area (Å²) in [6.45, 7) is 0. The molecule has 1 aromatic rings. The first-order chi connectivity index (χ1) is 4.66. The SMILES string of the molecule is Cn1cc(N)n(C)/c1=N/N. The molecule has 0 aliphatic heterocycles.